The molecule has 0 saturated carbocycles. The minimum Gasteiger partial charge on any atom is -0.340 e. The molecule has 1 aromatic heterocycles. The lowest BCUT2D eigenvalue weighted by Gasteiger charge is -2.25. The van der Waals surface area contributed by atoms with Gasteiger partial charge in [-0.05, 0) is 55.3 Å². The van der Waals surface area contributed by atoms with E-state index in [-0.39, 0.29) is 30.6 Å². The predicted molar refractivity (Wildman–Crippen MR) is 211 cm³/mol. The Morgan fingerprint density at radius 1 is 0.923 bits per heavy atom. The lowest BCUT2D eigenvalue weighted by molar-refractivity contribution is -0.183. The summed E-state index contributed by atoms with van der Waals surface area (Å²) in [6.45, 7) is 16.9. The van der Waals surface area contributed by atoms with Gasteiger partial charge in [0.05, 0.1) is 24.4 Å². The van der Waals surface area contributed by atoms with E-state index in [0.29, 0.717) is 22.8 Å². The molecule has 2 unspecified atom stereocenters. The van der Waals surface area contributed by atoms with Crippen molar-refractivity contribution >= 4 is 63.2 Å². The van der Waals surface area contributed by atoms with Gasteiger partial charge in [0.1, 0.15) is 6.79 Å². The number of rotatable bonds is 15. The number of carbonyl (C=O) groups is 4. The lowest BCUT2D eigenvalue weighted by Crippen LogP contribution is -2.37. The Kier molecular flexibility index (Phi) is 15.9. The van der Waals surface area contributed by atoms with Gasteiger partial charge in [0.15, 0.2) is 5.78 Å². The largest absolute Gasteiger partial charge is 0.340 e. The molecule has 0 fully saturated rings. The van der Waals surface area contributed by atoms with Crippen molar-refractivity contribution in [3.8, 4) is 0 Å². The van der Waals surface area contributed by atoms with Crippen LogP contribution in [-0.2, 0) is 30.6 Å². The van der Waals surface area contributed by atoms with Crippen molar-refractivity contribution in [3.05, 3.63) is 95.1 Å². The maximum atomic E-state index is 14.3. The Labute approximate surface area is 307 Å². The molecule has 0 aliphatic rings. The summed E-state index contributed by atoms with van der Waals surface area (Å²) in [6, 6.07) is 23.7. The summed E-state index contributed by atoms with van der Waals surface area (Å²) < 4.78 is 2.42. The Morgan fingerprint density at radius 2 is 1.60 bits per heavy atom. The highest BCUT2D eigenvalue weighted by molar-refractivity contribution is 6.26. The fourth-order valence-electron chi connectivity index (χ4n) is 6.94. The van der Waals surface area contributed by atoms with Crippen LogP contribution in [0.4, 0.5) is 0 Å². The van der Waals surface area contributed by atoms with Crippen LogP contribution < -0.4 is 0 Å². The normalized spacial score (nSPS) is 12.3. The molecule has 0 saturated heterocycles. The van der Waals surface area contributed by atoms with E-state index in [2.05, 4.69) is 41.8 Å². The third kappa shape index (κ3) is 9.01. The Morgan fingerprint density at radius 3 is 2.21 bits per heavy atom. The zero-order chi connectivity index (χ0) is 38.4. The van der Waals surface area contributed by atoms with Gasteiger partial charge in [0.25, 0.3) is 0 Å². The number of unbranched alkanes of at least 4 members (excludes halogenated alkanes) is 1. The predicted octanol–water partition coefficient (Wildman–Crippen LogP) is 9.61. The van der Waals surface area contributed by atoms with E-state index < -0.39 is 0 Å². The molecular formula is C43H53N3O6. The monoisotopic (exact) mass is 707 g/mol. The maximum Gasteiger partial charge on any atom is 0.323 e. The molecular weight excluding hydrogens is 654 g/mol. The molecule has 2 atom stereocenters. The molecule has 4 aromatic carbocycles. The number of nitrogens with zero attached hydrogens (tertiary/aromatic N) is 3. The van der Waals surface area contributed by atoms with E-state index in [4.69, 9.17) is 14.5 Å². The van der Waals surface area contributed by atoms with Crippen LogP contribution in [0.25, 0.3) is 32.6 Å². The molecule has 9 nitrogen and oxygen atoms in total. The minimum absolute atomic E-state index is 0.0167. The molecule has 5 rings (SSSR count). The summed E-state index contributed by atoms with van der Waals surface area (Å²) in [5.74, 6) is 0.225. The first-order valence-electron chi connectivity index (χ1n) is 18.1. The van der Waals surface area contributed by atoms with Crippen LogP contribution in [-0.4, -0.2) is 53.4 Å². The van der Waals surface area contributed by atoms with E-state index in [0.717, 1.165) is 69.5 Å². The van der Waals surface area contributed by atoms with Gasteiger partial charge in [0.2, 0.25) is 5.91 Å². The van der Waals surface area contributed by atoms with Crippen molar-refractivity contribution < 1.29 is 28.9 Å². The second kappa shape index (κ2) is 20.0. The van der Waals surface area contributed by atoms with Gasteiger partial charge in [0, 0.05) is 58.3 Å². The van der Waals surface area contributed by atoms with Crippen LogP contribution in [0, 0.1) is 12.8 Å². The third-order valence-electron chi connectivity index (χ3n) is 9.42. The second-order valence-corrected chi connectivity index (χ2v) is 12.6. The van der Waals surface area contributed by atoms with Crippen molar-refractivity contribution in [3.63, 3.8) is 0 Å². The van der Waals surface area contributed by atoms with Crippen LogP contribution in [0.3, 0.4) is 0 Å². The summed E-state index contributed by atoms with van der Waals surface area (Å²) in [5.41, 5.74) is 5.64. The fourth-order valence-corrected chi connectivity index (χ4v) is 6.94. The average molecular weight is 708 g/mol. The van der Waals surface area contributed by atoms with Gasteiger partial charge in [-0.1, -0.05) is 107 Å². The molecule has 0 aliphatic heterocycles. The summed E-state index contributed by atoms with van der Waals surface area (Å²) in [5, 5.41) is 9.32. The highest BCUT2D eigenvalue weighted by Gasteiger charge is 2.24. The van der Waals surface area contributed by atoms with Gasteiger partial charge in [-0.25, -0.2) is 5.06 Å². The van der Waals surface area contributed by atoms with Gasteiger partial charge in [-0.15, -0.1) is 0 Å². The molecule has 276 valence electrons. The summed E-state index contributed by atoms with van der Waals surface area (Å²) in [7, 11) is 1.45. The first-order valence-corrected chi connectivity index (χ1v) is 18.1. The molecule has 0 spiro atoms. The Bertz CT molecular complexity index is 2010. The van der Waals surface area contributed by atoms with Gasteiger partial charge in [-0.3, -0.25) is 19.2 Å². The van der Waals surface area contributed by atoms with E-state index in [9.17, 15) is 14.4 Å². The zero-order valence-electron chi connectivity index (χ0n) is 31.9. The van der Waals surface area contributed by atoms with E-state index in [1.165, 1.54) is 25.5 Å². The van der Waals surface area contributed by atoms with E-state index >= 15 is 0 Å². The molecule has 0 N–H and O–H groups in total. The number of ketones is 1. The molecule has 0 aliphatic carbocycles. The van der Waals surface area contributed by atoms with Crippen molar-refractivity contribution in [1.29, 1.82) is 0 Å². The van der Waals surface area contributed by atoms with Crippen molar-refractivity contribution in [2.45, 2.75) is 93.2 Å². The number of hydrogen-bond acceptors (Lipinski definition) is 7. The highest BCUT2D eigenvalue weighted by atomic mass is 16.7. The molecule has 0 bridgehead atoms. The molecule has 5 aromatic rings. The number of aryl methyl sites for hydroxylation is 1. The number of oxime groups is 1. The summed E-state index contributed by atoms with van der Waals surface area (Å²) in [4.78, 5) is 55.9. The van der Waals surface area contributed by atoms with Crippen molar-refractivity contribution in [2.75, 3.05) is 7.11 Å². The molecule has 52 heavy (non-hydrogen) atoms. The topological polar surface area (TPSA) is 107 Å². The maximum absolute atomic E-state index is 14.3. The van der Waals surface area contributed by atoms with Crippen LogP contribution >= 0.6 is 0 Å². The average Bonchev–Trinajstić information content (AvgIpc) is 3.48. The minimum atomic E-state index is -0.385. The molecule has 1 amide bonds. The van der Waals surface area contributed by atoms with Crippen LogP contribution in [0.5, 0.6) is 0 Å². The Balaban J connectivity index is 0.00000176. The SMILES string of the molecule is C=O.CC.CCCCC(CC)Cn1c2ccc(/C(CC(C)N(OC)C(C)=O)=N\OC=O)cc2c2cc(C(=O)c3ccccc3C)c3ccccc3c21. The number of aromatic nitrogens is 1. The smallest absolute Gasteiger partial charge is 0.323 e. The first kappa shape index (κ1) is 41.3. The third-order valence-corrected chi connectivity index (χ3v) is 9.42. The van der Waals surface area contributed by atoms with E-state index in [1.807, 2.05) is 89.1 Å². The van der Waals surface area contributed by atoms with Crippen LogP contribution in [0.15, 0.2) is 78.0 Å². The highest BCUT2D eigenvalue weighted by Crippen LogP contribution is 2.39. The first-order chi connectivity index (χ1) is 25.2. The molecule has 1 heterocycles. The number of amides is 1. The standard InChI is InChI=1S/C40H45N3O5.C2H6.CH2O/c1-7-9-15-29(8-2)24-42-38-20-19-30(37(41-48-25-44)21-27(4)43(47-6)28(5)45)22-34(38)35-23-36(32-17-12-13-18-33(32)39(35)42)40(46)31-16-11-10-14-26(31)3;2*1-2/h10-14,16-20,22-23,25,27,29H,7-9,15,21,24H2,1-6H3;1-2H3;1H2/b41-37-;;. The fraction of sp³-hybridized carbons (Fsp3) is 0.372. The van der Waals surface area contributed by atoms with E-state index in [1.54, 1.807) is 0 Å². The quantitative estimate of drug-likeness (QED) is 0.0353. The zero-order valence-corrected chi connectivity index (χ0v) is 31.9. The number of hydroxylamine groups is 2. The van der Waals surface area contributed by atoms with Crippen molar-refractivity contribution in [2.24, 2.45) is 11.1 Å². The number of carbonyl (C=O) groups excluding carboxylic acids is 4. The lowest BCUT2D eigenvalue weighted by atomic mass is 9.92. The van der Waals surface area contributed by atoms with Crippen LogP contribution in [0.2, 0.25) is 0 Å². The van der Waals surface area contributed by atoms with Crippen LogP contribution in [0.1, 0.15) is 101 Å². The Hall–Kier alpha value is -5.15. The van der Waals surface area contributed by atoms with Crippen molar-refractivity contribution in [1.82, 2.24) is 9.63 Å². The molecule has 9 heteroatoms. The van der Waals surface area contributed by atoms with Gasteiger partial charge in [-0.2, -0.15) is 0 Å². The molecule has 0 radical (unpaired) electrons. The number of fused-ring (bicyclic) bond motifs is 5. The summed E-state index contributed by atoms with van der Waals surface area (Å²) >= 11 is 0. The summed E-state index contributed by atoms with van der Waals surface area (Å²) in [6.07, 6.45) is 4.79. The second-order valence-electron chi connectivity index (χ2n) is 12.6. The van der Waals surface area contributed by atoms with Gasteiger partial charge < -0.3 is 14.2 Å². The van der Waals surface area contributed by atoms with Gasteiger partial charge >= 0.3 is 6.47 Å². The number of benzene rings is 4. The number of hydrogen-bond donors (Lipinski definition) is 0.